The lowest BCUT2D eigenvalue weighted by Crippen LogP contribution is -2.26. The molecule has 22 heavy (non-hydrogen) atoms. The number of nitro benzene ring substituents is 1. The SMILES string of the molecule is CN(Cc1ccc(C#N)cc1)C(=O)c1ccccc1[N+](=O)[O-]. The highest BCUT2D eigenvalue weighted by atomic mass is 16.6. The first kappa shape index (κ1) is 15.2. The van der Waals surface area contributed by atoms with Gasteiger partial charge in [0.1, 0.15) is 5.56 Å². The third-order valence-corrected chi connectivity index (χ3v) is 3.18. The van der Waals surface area contributed by atoms with Gasteiger partial charge in [0.25, 0.3) is 11.6 Å². The van der Waals surface area contributed by atoms with Crippen molar-refractivity contribution in [1.82, 2.24) is 4.90 Å². The highest BCUT2D eigenvalue weighted by Crippen LogP contribution is 2.20. The van der Waals surface area contributed by atoms with Gasteiger partial charge in [-0.15, -0.1) is 0 Å². The monoisotopic (exact) mass is 295 g/mol. The smallest absolute Gasteiger partial charge is 0.282 e. The van der Waals surface area contributed by atoms with Gasteiger partial charge in [-0.3, -0.25) is 14.9 Å². The van der Waals surface area contributed by atoms with Crippen molar-refractivity contribution in [3.8, 4) is 6.07 Å². The van der Waals surface area contributed by atoms with Crippen LogP contribution in [0, 0.1) is 21.4 Å². The van der Waals surface area contributed by atoms with E-state index in [4.69, 9.17) is 5.26 Å². The van der Waals surface area contributed by atoms with Crippen LogP contribution in [0.2, 0.25) is 0 Å². The lowest BCUT2D eigenvalue weighted by Gasteiger charge is -2.17. The van der Waals surface area contributed by atoms with Crippen molar-refractivity contribution < 1.29 is 9.72 Å². The number of amides is 1. The van der Waals surface area contributed by atoms with Crippen LogP contribution >= 0.6 is 0 Å². The molecule has 0 saturated heterocycles. The minimum Gasteiger partial charge on any atom is -0.337 e. The summed E-state index contributed by atoms with van der Waals surface area (Å²) in [5, 5.41) is 19.7. The number of para-hydroxylation sites is 1. The van der Waals surface area contributed by atoms with Crippen molar-refractivity contribution in [3.63, 3.8) is 0 Å². The Hall–Kier alpha value is -3.20. The Morgan fingerprint density at radius 3 is 2.45 bits per heavy atom. The maximum Gasteiger partial charge on any atom is 0.282 e. The number of hydrogen-bond donors (Lipinski definition) is 0. The standard InChI is InChI=1S/C16H13N3O3/c1-18(11-13-8-6-12(10-17)7-9-13)16(20)14-4-2-3-5-15(14)19(21)22/h2-9H,11H2,1H3. The molecule has 6 nitrogen and oxygen atoms in total. The fourth-order valence-corrected chi connectivity index (χ4v) is 2.05. The first-order chi connectivity index (χ1) is 10.5. The van der Waals surface area contributed by atoms with Crippen molar-refractivity contribution >= 4 is 11.6 Å². The van der Waals surface area contributed by atoms with Crippen LogP contribution in [0.5, 0.6) is 0 Å². The number of hydrogen-bond acceptors (Lipinski definition) is 4. The van der Waals surface area contributed by atoms with Crippen LogP contribution in [0.25, 0.3) is 0 Å². The minimum absolute atomic E-state index is 0.0589. The first-order valence-electron chi connectivity index (χ1n) is 6.51. The molecule has 0 aliphatic carbocycles. The van der Waals surface area contributed by atoms with Gasteiger partial charge in [0, 0.05) is 19.7 Å². The summed E-state index contributed by atoms with van der Waals surface area (Å²) in [6.07, 6.45) is 0. The van der Waals surface area contributed by atoms with Gasteiger partial charge in [-0.2, -0.15) is 5.26 Å². The highest BCUT2D eigenvalue weighted by Gasteiger charge is 2.22. The number of benzene rings is 2. The van der Waals surface area contributed by atoms with E-state index in [1.54, 1.807) is 37.4 Å². The van der Waals surface area contributed by atoms with Gasteiger partial charge in [0.2, 0.25) is 0 Å². The van der Waals surface area contributed by atoms with Crippen molar-refractivity contribution in [2.45, 2.75) is 6.54 Å². The van der Waals surface area contributed by atoms with E-state index in [0.29, 0.717) is 12.1 Å². The average molecular weight is 295 g/mol. The van der Waals surface area contributed by atoms with E-state index in [0.717, 1.165) is 5.56 Å². The fourth-order valence-electron chi connectivity index (χ4n) is 2.05. The van der Waals surface area contributed by atoms with Gasteiger partial charge in [0.05, 0.1) is 16.6 Å². The highest BCUT2D eigenvalue weighted by molar-refractivity contribution is 5.97. The van der Waals surface area contributed by atoms with Crippen LogP contribution in [0.3, 0.4) is 0 Å². The summed E-state index contributed by atoms with van der Waals surface area (Å²) < 4.78 is 0. The maximum absolute atomic E-state index is 12.4. The number of carbonyl (C=O) groups excluding carboxylic acids is 1. The van der Waals surface area contributed by atoms with E-state index in [2.05, 4.69) is 0 Å². The molecule has 0 bridgehead atoms. The molecule has 0 unspecified atom stereocenters. The Morgan fingerprint density at radius 2 is 1.86 bits per heavy atom. The van der Waals surface area contributed by atoms with E-state index >= 15 is 0 Å². The molecule has 0 aliphatic rings. The van der Waals surface area contributed by atoms with Crippen LogP contribution in [0.4, 0.5) is 5.69 Å². The van der Waals surface area contributed by atoms with Crippen LogP contribution in [0.1, 0.15) is 21.5 Å². The summed E-state index contributed by atoms with van der Waals surface area (Å²) in [7, 11) is 1.58. The van der Waals surface area contributed by atoms with Gasteiger partial charge >= 0.3 is 0 Å². The summed E-state index contributed by atoms with van der Waals surface area (Å²) in [4.78, 5) is 24.2. The Bertz CT molecular complexity index is 748. The lowest BCUT2D eigenvalue weighted by atomic mass is 10.1. The molecule has 0 N–H and O–H groups in total. The second kappa shape index (κ2) is 6.50. The molecule has 110 valence electrons. The predicted molar refractivity (Wildman–Crippen MR) is 80.1 cm³/mol. The zero-order chi connectivity index (χ0) is 16.1. The average Bonchev–Trinajstić information content (AvgIpc) is 2.54. The van der Waals surface area contributed by atoms with Crippen LogP contribution in [-0.4, -0.2) is 22.8 Å². The molecule has 2 rings (SSSR count). The van der Waals surface area contributed by atoms with Gasteiger partial charge in [-0.25, -0.2) is 0 Å². The lowest BCUT2D eigenvalue weighted by molar-refractivity contribution is -0.385. The third kappa shape index (κ3) is 3.27. The van der Waals surface area contributed by atoms with Crippen LogP contribution in [0.15, 0.2) is 48.5 Å². The normalized spacial score (nSPS) is 9.82. The van der Waals surface area contributed by atoms with Crippen LogP contribution < -0.4 is 0 Å². The van der Waals surface area contributed by atoms with E-state index in [9.17, 15) is 14.9 Å². The van der Waals surface area contributed by atoms with E-state index in [1.807, 2.05) is 6.07 Å². The minimum atomic E-state index is -0.567. The predicted octanol–water partition coefficient (Wildman–Crippen LogP) is 2.74. The molecule has 2 aromatic carbocycles. The molecule has 0 aromatic heterocycles. The number of rotatable bonds is 4. The van der Waals surface area contributed by atoms with Gasteiger partial charge in [-0.1, -0.05) is 24.3 Å². The number of carbonyl (C=O) groups is 1. The molecule has 0 spiro atoms. The van der Waals surface area contributed by atoms with Crippen molar-refractivity contribution in [2.24, 2.45) is 0 Å². The van der Waals surface area contributed by atoms with E-state index in [1.165, 1.54) is 23.1 Å². The Kier molecular flexibility index (Phi) is 4.49. The quantitative estimate of drug-likeness (QED) is 0.641. The summed E-state index contributed by atoms with van der Waals surface area (Å²) in [6.45, 7) is 0.302. The summed E-state index contributed by atoms with van der Waals surface area (Å²) in [5.41, 5.74) is 1.23. The number of nitro groups is 1. The second-order valence-corrected chi connectivity index (χ2v) is 4.74. The summed E-state index contributed by atoms with van der Waals surface area (Å²) in [6, 6.07) is 14.7. The molecular formula is C16H13N3O3. The molecular weight excluding hydrogens is 282 g/mol. The molecule has 2 aromatic rings. The molecule has 0 heterocycles. The molecule has 0 atom stereocenters. The summed E-state index contributed by atoms with van der Waals surface area (Å²) >= 11 is 0. The first-order valence-corrected chi connectivity index (χ1v) is 6.51. The molecule has 0 radical (unpaired) electrons. The fraction of sp³-hybridized carbons (Fsp3) is 0.125. The number of nitriles is 1. The Morgan fingerprint density at radius 1 is 1.23 bits per heavy atom. The third-order valence-electron chi connectivity index (χ3n) is 3.18. The zero-order valence-corrected chi connectivity index (χ0v) is 11.9. The second-order valence-electron chi connectivity index (χ2n) is 4.74. The maximum atomic E-state index is 12.4. The topological polar surface area (TPSA) is 87.2 Å². The molecule has 0 saturated carbocycles. The summed E-state index contributed by atoms with van der Waals surface area (Å²) in [5.74, 6) is -0.420. The van der Waals surface area contributed by atoms with Crippen molar-refractivity contribution in [1.29, 1.82) is 5.26 Å². The van der Waals surface area contributed by atoms with E-state index < -0.39 is 10.8 Å². The molecule has 0 fully saturated rings. The molecule has 0 aliphatic heterocycles. The molecule has 6 heteroatoms. The zero-order valence-electron chi connectivity index (χ0n) is 11.9. The van der Waals surface area contributed by atoms with E-state index in [-0.39, 0.29) is 11.3 Å². The van der Waals surface area contributed by atoms with Gasteiger partial charge < -0.3 is 4.90 Å². The molecule has 1 amide bonds. The Labute approximate surface area is 127 Å². The van der Waals surface area contributed by atoms with Crippen molar-refractivity contribution in [3.05, 3.63) is 75.3 Å². The van der Waals surface area contributed by atoms with Crippen LogP contribution in [-0.2, 0) is 6.54 Å². The largest absolute Gasteiger partial charge is 0.337 e. The van der Waals surface area contributed by atoms with Crippen molar-refractivity contribution in [2.75, 3.05) is 7.05 Å². The van der Waals surface area contributed by atoms with Gasteiger partial charge in [0.15, 0.2) is 0 Å². The van der Waals surface area contributed by atoms with Gasteiger partial charge in [-0.05, 0) is 23.8 Å². The number of nitrogens with zero attached hydrogens (tertiary/aromatic N) is 3. The Balaban J connectivity index is 2.19.